The SMILES string of the molecule is CNC1CCCN(C(=O)CNS(=O)(=O)c2cn(C)c(C)n2)C1.Cl. The molecule has 132 valence electrons. The predicted octanol–water partition coefficient (Wildman–Crippen LogP) is -0.361. The molecule has 0 radical (unpaired) electrons. The minimum Gasteiger partial charge on any atom is -0.340 e. The first-order chi connectivity index (χ1) is 10.3. The van der Waals surface area contributed by atoms with E-state index in [1.165, 1.54) is 6.20 Å². The van der Waals surface area contributed by atoms with Crippen LogP contribution in [0.1, 0.15) is 18.7 Å². The Balaban J connectivity index is 0.00000264. The number of sulfonamides is 1. The van der Waals surface area contributed by atoms with Crippen LogP contribution >= 0.6 is 12.4 Å². The maximum absolute atomic E-state index is 12.2. The molecule has 2 N–H and O–H groups in total. The Hall–Kier alpha value is -1.16. The maximum Gasteiger partial charge on any atom is 0.260 e. The molecule has 0 spiro atoms. The number of carbonyl (C=O) groups is 1. The summed E-state index contributed by atoms with van der Waals surface area (Å²) in [5.41, 5.74) is 0. The van der Waals surface area contributed by atoms with Crippen molar-refractivity contribution in [2.45, 2.75) is 30.8 Å². The Morgan fingerprint density at radius 2 is 2.17 bits per heavy atom. The number of aryl methyl sites for hydroxylation is 2. The van der Waals surface area contributed by atoms with Crippen molar-refractivity contribution in [1.29, 1.82) is 0 Å². The summed E-state index contributed by atoms with van der Waals surface area (Å²) in [5, 5.41) is 3.09. The molecule has 0 aliphatic carbocycles. The molecule has 2 heterocycles. The molecule has 0 saturated carbocycles. The smallest absolute Gasteiger partial charge is 0.260 e. The molecular formula is C13H24ClN5O3S. The number of rotatable bonds is 5. The van der Waals surface area contributed by atoms with Gasteiger partial charge in [-0.3, -0.25) is 4.79 Å². The van der Waals surface area contributed by atoms with E-state index in [0.717, 1.165) is 12.8 Å². The fourth-order valence-corrected chi connectivity index (χ4v) is 3.45. The molecule has 8 nitrogen and oxygen atoms in total. The van der Waals surface area contributed by atoms with E-state index in [4.69, 9.17) is 0 Å². The van der Waals surface area contributed by atoms with Crippen LogP contribution in [0.5, 0.6) is 0 Å². The fourth-order valence-electron chi connectivity index (χ4n) is 2.44. The second kappa shape index (κ2) is 8.09. The van der Waals surface area contributed by atoms with Crippen LogP contribution in [0.4, 0.5) is 0 Å². The number of imidazole rings is 1. The third-order valence-corrected chi connectivity index (χ3v) is 5.23. The lowest BCUT2D eigenvalue weighted by Gasteiger charge is -2.32. The average molecular weight is 366 g/mol. The number of likely N-dealkylation sites (tertiary alicyclic amines) is 1. The minimum absolute atomic E-state index is 0. The van der Waals surface area contributed by atoms with Crippen molar-refractivity contribution in [3.05, 3.63) is 12.0 Å². The summed E-state index contributed by atoms with van der Waals surface area (Å²) in [6, 6.07) is 0.271. The van der Waals surface area contributed by atoms with Gasteiger partial charge in [0.15, 0.2) is 5.03 Å². The van der Waals surface area contributed by atoms with Gasteiger partial charge in [-0.2, -0.15) is 0 Å². The molecule has 0 bridgehead atoms. The van der Waals surface area contributed by atoms with Crippen LogP contribution in [0.15, 0.2) is 11.2 Å². The topological polar surface area (TPSA) is 96.3 Å². The molecule has 1 aromatic heterocycles. The first kappa shape index (κ1) is 19.9. The Morgan fingerprint density at radius 3 is 2.74 bits per heavy atom. The highest BCUT2D eigenvalue weighted by atomic mass is 35.5. The molecule has 1 unspecified atom stereocenters. The Kier molecular flexibility index (Phi) is 7.00. The number of hydrogen-bond donors (Lipinski definition) is 2. The summed E-state index contributed by atoms with van der Waals surface area (Å²) in [5.74, 6) is 0.385. The molecule has 1 amide bonds. The number of hydrogen-bond acceptors (Lipinski definition) is 5. The third kappa shape index (κ3) is 4.90. The quantitative estimate of drug-likeness (QED) is 0.742. The van der Waals surface area contributed by atoms with Gasteiger partial charge in [0, 0.05) is 32.4 Å². The van der Waals surface area contributed by atoms with Crippen molar-refractivity contribution in [3.8, 4) is 0 Å². The molecule has 1 aliphatic rings. The van der Waals surface area contributed by atoms with Gasteiger partial charge >= 0.3 is 0 Å². The maximum atomic E-state index is 12.2. The summed E-state index contributed by atoms with van der Waals surface area (Å²) >= 11 is 0. The van der Waals surface area contributed by atoms with Crippen molar-refractivity contribution < 1.29 is 13.2 Å². The summed E-state index contributed by atoms with van der Waals surface area (Å²) in [6.07, 6.45) is 3.38. The molecule has 1 aromatic rings. The molecular weight excluding hydrogens is 342 g/mol. The van der Waals surface area contributed by atoms with Crippen LogP contribution < -0.4 is 10.0 Å². The first-order valence-electron chi connectivity index (χ1n) is 7.28. The average Bonchev–Trinajstić information content (AvgIpc) is 2.85. The van der Waals surface area contributed by atoms with E-state index in [1.54, 1.807) is 23.4 Å². The van der Waals surface area contributed by atoms with Crippen LogP contribution in [0.25, 0.3) is 0 Å². The number of nitrogens with zero attached hydrogens (tertiary/aromatic N) is 3. The summed E-state index contributed by atoms with van der Waals surface area (Å²) in [7, 11) is -0.174. The van der Waals surface area contributed by atoms with Gasteiger partial charge < -0.3 is 14.8 Å². The molecule has 10 heteroatoms. The number of likely N-dealkylation sites (N-methyl/N-ethyl adjacent to an activating group) is 1. The third-order valence-electron chi connectivity index (χ3n) is 3.96. The van der Waals surface area contributed by atoms with Crippen molar-refractivity contribution in [1.82, 2.24) is 24.5 Å². The van der Waals surface area contributed by atoms with E-state index in [0.29, 0.717) is 18.9 Å². The van der Waals surface area contributed by atoms with Gasteiger partial charge in [0.2, 0.25) is 5.91 Å². The van der Waals surface area contributed by atoms with Gasteiger partial charge in [-0.1, -0.05) is 0 Å². The number of halogens is 1. The monoisotopic (exact) mass is 365 g/mol. The summed E-state index contributed by atoms with van der Waals surface area (Å²) < 4.78 is 28.2. The van der Waals surface area contributed by atoms with Crippen molar-refractivity contribution in [2.24, 2.45) is 7.05 Å². The fraction of sp³-hybridized carbons (Fsp3) is 0.692. The number of carbonyl (C=O) groups excluding carboxylic acids is 1. The van der Waals surface area contributed by atoms with E-state index in [9.17, 15) is 13.2 Å². The van der Waals surface area contributed by atoms with E-state index in [2.05, 4.69) is 15.0 Å². The molecule has 1 atom stereocenters. The normalized spacial score (nSPS) is 18.6. The molecule has 23 heavy (non-hydrogen) atoms. The molecule has 1 aliphatic heterocycles. The van der Waals surface area contributed by atoms with Gasteiger partial charge in [-0.15, -0.1) is 12.4 Å². The largest absolute Gasteiger partial charge is 0.340 e. The summed E-state index contributed by atoms with van der Waals surface area (Å²) in [6.45, 7) is 2.76. The zero-order chi connectivity index (χ0) is 16.3. The first-order valence-corrected chi connectivity index (χ1v) is 8.76. The van der Waals surface area contributed by atoms with Crippen LogP contribution in [0.3, 0.4) is 0 Å². The zero-order valence-electron chi connectivity index (χ0n) is 13.6. The van der Waals surface area contributed by atoms with Crippen molar-refractivity contribution in [2.75, 3.05) is 26.7 Å². The van der Waals surface area contributed by atoms with Crippen molar-refractivity contribution in [3.63, 3.8) is 0 Å². The highest BCUT2D eigenvalue weighted by molar-refractivity contribution is 7.89. The molecule has 0 aromatic carbocycles. The van der Waals surface area contributed by atoms with E-state index >= 15 is 0 Å². The predicted molar refractivity (Wildman–Crippen MR) is 89.0 cm³/mol. The second-order valence-corrected chi connectivity index (χ2v) is 7.24. The van der Waals surface area contributed by atoms with Gasteiger partial charge in [0.05, 0.1) is 6.54 Å². The lowest BCUT2D eigenvalue weighted by Crippen LogP contribution is -2.49. The van der Waals surface area contributed by atoms with Crippen LogP contribution in [0, 0.1) is 6.92 Å². The zero-order valence-corrected chi connectivity index (χ0v) is 15.2. The second-order valence-electron chi connectivity index (χ2n) is 5.53. The lowest BCUT2D eigenvalue weighted by molar-refractivity contribution is -0.131. The number of nitrogens with one attached hydrogen (secondary N) is 2. The van der Waals surface area contributed by atoms with Gasteiger partial charge in [0.25, 0.3) is 10.0 Å². The Morgan fingerprint density at radius 1 is 1.48 bits per heavy atom. The van der Waals surface area contributed by atoms with Crippen molar-refractivity contribution >= 4 is 28.3 Å². The number of piperidine rings is 1. The molecule has 2 rings (SSSR count). The van der Waals surface area contributed by atoms with E-state index in [1.807, 2.05) is 7.05 Å². The molecule has 1 fully saturated rings. The van der Waals surface area contributed by atoms with Gasteiger partial charge in [0.1, 0.15) is 5.82 Å². The van der Waals surface area contributed by atoms with E-state index < -0.39 is 10.0 Å². The van der Waals surface area contributed by atoms with E-state index in [-0.39, 0.29) is 35.9 Å². The lowest BCUT2D eigenvalue weighted by atomic mass is 10.1. The summed E-state index contributed by atoms with van der Waals surface area (Å²) in [4.78, 5) is 17.8. The minimum atomic E-state index is -3.76. The highest BCUT2D eigenvalue weighted by Gasteiger charge is 2.25. The van der Waals surface area contributed by atoms with Crippen LogP contribution in [-0.2, 0) is 21.9 Å². The Labute approximate surface area is 143 Å². The van der Waals surface area contributed by atoms with Gasteiger partial charge in [-0.05, 0) is 26.8 Å². The number of amides is 1. The van der Waals surface area contributed by atoms with Gasteiger partial charge in [-0.25, -0.2) is 18.1 Å². The van der Waals surface area contributed by atoms with Crippen LogP contribution in [0.2, 0.25) is 0 Å². The highest BCUT2D eigenvalue weighted by Crippen LogP contribution is 2.10. The van der Waals surface area contributed by atoms with Crippen LogP contribution in [-0.4, -0.2) is 61.5 Å². The Bertz CT molecular complexity index is 627. The number of aromatic nitrogens is 2. The standard InChI is InChI=1S/C13H23N5O3S.ClH/c1-10-16-12(9-17(10)3)22(20,21)15-7-13(19)18-6-4-5-11(8-18)14-2;/h9,11,14-15H,4-8H2,1-3H3;1H. The molecule has 1 saturated heterocycles.